The van der Waals surface area contributed by atoms with E-state index in [1.54, 1.807) is 6.07 Å². The smallest absolute Gasteiger partial charge is 0.218 e. The van der Waals surface area contributed by atoms with E-state index in [9.17, 15) is 19.4 Å². The third kappa shape index (κ3) is 2.33. The van der Waals surface area contributed by atoms with Gasteiger partial charge in [0.1, 0.15) is 11.5 Å². The van der Waals surface area contributed by atoms with Crippen LogP contribution in [0.3, 0.4) is 0 Å². The monoisotopic (exact) mass is 415 g/mol. The van der Waals surface area contributed by atoms with Gasteiger partial charge in [0, 0.05) is 16.2 Å². The maximum atomic E-state index is 13.1. The van der Waals surface area contributed by atoms with Gasteiger partial charge in [-0.1, -0.05) is 12.1 Å². The molecule has 0 fully saturated rings. The van der Waals surface area contributed by atoms with Gasteiger partial charge < -0.3 is 10.2 Å². The van der Waals surface area contributed by atoms with Gasteiger partial charge in [-0.05, 0) is 39.7 Å². The van der Waals surface area contributed by atoms with Gasteiger partial charge in [0.05, 0.1) is 23.4 Å². The lowest BCUT2D eigenvalue weighted by molar-refractivity contribution is 0.103. The van der Waals surface area contributed by atoms with Gasteiger partial charge in [-0.25, -0.2) is 4.39 Å². The first kappa shape index (κ1) is 16.5. The van der Waals surface area contributed by atoms with Crippen molar-refractivity contribution in [2.75, 3.05) is 0 Å². The summed E-state index contributed by atoms with van der Waals surface area (Å²) in [6.07, 6.45) is 1.43. The molecule has 2 aromatic heterocycles. The van der Waals surface area contributed by atoms with Gasteiger partial charge in [0.15, 0.2) is 0 Å². The summed E-state index contributed by atoms with van der Waals surface area (Å²) in [5.74, 6) is -1.82. The number of ketones is 1. The van der Waals surface area contributed by atoms with Crippen LogP contribution in [-0.4, -0.2) is 31.3 Å². The summed E-state index contributed by atoms with van der Waals surface area (Å²) in [6.45, 7) is 0.0129. The molecule has 1 aliphatic carbocycles. The third-order valence-electron chi connectivity index (χ3n) is 4.28. The highest BCUT2D eigenvalue weighted by Gasteiger charge is 2.37. The van der Waals surface area contributed by atoms with Crippen LogP contribution < -0.4 is 0 Å². The van der Waals surface area contributed by atoms with E-state index in [0.717, 1.165) is 4.57 Å². The average Bonchev–Trinajstić information content (AvgIpc) is 2.86. The summed E-state index contributed by atoms with van der Waals surface area (Å²) >= 11 is 3.25. The first-order chi connectivity index (χ1) is 12.4. The number of hydrogen-bond acceptors (Lipinski definition) is 5. The predicted octanol–water partition coefficient (Wildman–Crippen LogP) is 3.20. The molecule has 0 bridgehead atoms. The third-order valence-corrected chi connectivity index (χ3v) is 4.71. The Morgan fingerprint density at radius 1 is 1.15 bits per heavy atom. The van der Waals surface area contributed by atoms with E-state index in [1.165, 1.54) is 30.5 Å². The number of aromatic hydroxyl groups is 2. The Morgan fingerprint density at radius 3 is 2.50 bits per heavy atom. The number of fused-ring (bicyclic) bond motifs is 2. The van der Waals surface area contributed by atoms with Crippen LogP contribution in [0.15, 0.2) is 41.0 Å². The van der Waals surface area contributed by atoms with Crippen molar-refractivity contribution in [2.24, 2.45) is 0 Å². The Balaban J connectivity index is 1.87. The molecule has 0 atom stereocenters. The highest BCUT2D eigenvalue weighted by Crippen LogP contribution is 2.41. The Morgan fingerprint density at radius 2 is 1.81 bits per heavy atom. The molecular formula is C18H11BrFN3O3. The molecule has 3 aromatic rings. The fourth-order valence-corrected chi connectivity index (χ4v) is 3.36. The Bertz CT molecular complexity index is 1090. The standard InChI is InChI=1S/C18H11BrFN3O3/c19-9-5-11-14(21)12-13(16(24)15(11)22-6-9)18(26)23(17(12)25)7-8-1-3-10(20)4-2-8/h1-6,21,25-26H,7H2. The first-order valence-electron chi connectivity index (χ1n) is 7.57. The van der Waals surface area contributed by atoms with Crippen LogP contribution in [0.1, 0.15) is 32.7 Å². The number of nitrogens with zero attached hydrogens (tertiary/aromatic N) is 2. The van der Waals surface area contributed by atoms with Crippen molar-refractivity contribution in [2.45, 2.75) is 6.54 Å². The number of carbonyl (C=O) groups excluding carboxylic acids is 1. The molecule has 0 radical (unpaired) electrons. The van der Waals surface area contributed by atoms with Gasteiger partial charge in [0.2, 0.25) is 17.5 Å². The van der Waals surface area contributed by atoms with Crippen LogP contribution in [0.2, 0.25) is 0 Å². The number of nitrogens with one attached hydrogen (secondary N) is 1. The number of halogens is 2. The first-order valence-corrected chi connectivity index (χ1v) is 8.36. The number of hydrogen-bond donors (Lipinski definition) is 3. The topological polar surface area (TPSA) is 99.2 Å². The van der Waals surface area contributed by atoms with Crippen LogP contribution >= 0.6 is 15.9 Å². The molecule has 130 valence electrons. The van der Waals surface area contributed by atoms with Crippen LogP contribution in [-0.2, 0) is 6.54 Å². The number of rotatable bonds is 2. The molecule has 1 aromatic carbocycles. The quantitative estimate of drug-likeness (QED) is 0.467. The number of pyridine rings is 1. The highest BCUT2D eigenvalue weighted by molar-refractivity contribution is 9.10. The second kappa shape index (κ2) is 5.77. The van der Waals surface area contributed by atoms with Gasteiger partial charge in [-0.3, -0.25) is 19.8 Å². The van der Waals surface area contributed by atoms with Crippen molar-refractivity contribution >= 4 is 27.4 Å². The molecule has 3 N–H and O–H groups in total. The lowest BCUT2D eigenvalue weighted by Gasteiger charge is -2.15. The fraction of sp³-hybridized carbons (Fsp3) is 0.0556. The van der Waals surface area contributed by atoms with Gasteiger partial charge in [-0.2, -0.15) is 0 Å². The van der Waals surface area contributed by atoms with Crippen molar-refractivity contribution < 1.29 is 19.4 Å². The van der Waals surface area contributed by atoms with Crippen LogP contribution in [0.5, 0.6) is 11.8 Å². The highest BCUT2D eigenvalue weighted by atomic mass is 79.9. The summed E-state index contributed by atoms with van der Waals surface area (Å²) in [6, 6.07) is 7.11. The molecule has 0 aliphatic heterocycles. The molecule has 0 saturated carbocycles. The summed E-state index contributed by atoms with van der Waals surface area (Å²) in [4.78, 5) is 16.8. The van der Waals surface area contributed by atoms with Crippen LogP contribution in [0.4, 0.5) is 4.39 Å². The molecule has 1 aliphatic rings. The second-order valence-electron chi connectivity index (χ2n) is 5.86. The zero-order valence-electron chi connectivity index (χ0n) is 13.1. The second-order valence-corrected chi connectivity index (χ2v) is 6.78. The van der Waals surface area contributed by atoms with Gasteiger partial charge in [-0.15, -0.1) is 0 Å². The maximum absolute atomic E-state index is 13.1. The minimum atomic E-state index is -0.566. The van der Waals surface area contributed by atoms with Crippen LogP contribution in [0, 0.1) is 11.2 Å². The Labute approximate surface area is 155 Å². The average molecular weight is 416 g/mol. The maximum Gasteiger partial charge on any atom is 0.218 e. The molecule has 2 heterocycles. The molecule has 0 unspecified atom stereocenters. The van der Waals surface area contributed by atoms with Crippen molar-refractivity contribution in [3.63, 3.8) is 0 Å². The molecule has 0 spiro atoms. The van der Waals surface area contributed by atoms with E-state index in [2.05, 4.69) is 20.9 Å². The molecule has 8 heteroatoms. The molecule has 0 amide bonds. The summed E-state index contributed by atoms with van der Waals surface area (Å²) in [5.41, 5.74) is 0.626. The molecule has 26 heavy (non-hydrogen) atoms. The van der Waals surface area contributed by atoms with Crippen molar-refractivity contribution in [3.05, 3.63) is 74.8 Å². The molecular weight excluding hydrogens is 405 g/mol. The summed E-state index contributed by atoms with van der Waals surface area (Å²) in [7, 11) is 0. The lowest BCUT2D eigenvalue weighted by atomic mass is 9.89. The number of aromatic nitrogens is 2. The molecule has 4 rings (SSSR count). The fourth-order valence-electron chi connectivity index (χ4n) is 3.03. The zero-order chi connectivity index (χ0) is 18.6. The van der Waals surface area contributed by atoms with E-state index in [4.69, 9.17) is 5.41 Å². The van der Waals surface area contributed by atoms with Crippen molar-refractivity contribution in [1.29, 1.82) is 5.41 Å². The van der Waals surface area contributed by atoms with E-state index >= 15 is 0 Å². The van der Waals surface area contributed by atoms with E-state index in [0.29, 0.717) is 10.0 Å². The summed E-state index contributed by atoms with van der Waals surface area (Å²) < 4.78 is 14.8. The van der Waals surface area contributed by atoms with E-state index in [1.807, 2.05) is 0 Å². The minimum Gasteiger partial charge on any atom is -0.494 e. The summed E-state index contributed by atoms with van der Waals surface area (Å²) in [5, 5.41) is 29.4. The predicted molar refractivity (Wildman–Crippen MR) is 94.6 cm³/mol. The normalized spacial score (nSPS) is 12.8. The van der Waals surface area contributed by atoms with Crippen molar-refractivity contribution in [3.8, 4) is 11.8 Å². The number of carbonyl (C=O) groups is 1. The lowest BCUT2D eigenvalue weighted by Crippen LogP contribution is -2.21. The molecule has 6 nitrogen and oxygen atoms in total. The minimum absolute atomic E-state index is 0.0129. The Kier molecular flexibility index (Phi) is 3.66. The van der Waals surface area contributed by atoms with E-state index in [-0.39, 0.29) is 34.6 Å². The van der Waals surface area contributed by atoms with Gasteiger partial charge >= 0.3 is 0 Å². The zero-order valence-corrected chi connectivity index (χ0v) is 14.7. The van der Waals surface area contributed by atoms with Crippen LogP contribution in [0.25, 0.3) is 0 Å². The SMILES string of the molecule is N=C1c2cc(Br)cnc2C(=O)c2c1c(O)n(Cc1ccc(F)cc1)c2O. The largest absolute Gasteiger partial charge is 0.494 e. The van der Waals surface area contributed by atoms with Crippen molar-refractivity contribution in [1.82, 2.24) is 9.55 Å². The Hall–Kier alpha value is -3.00. The van der Waals surface area contributed by atoms with Gasteiger partial charge in [0.25, 0.3) is 0 Å². The molecule has 0 saturated heterocycles. The number of benzene rings is 1. The van der Waals surface area contributed by atoms with E-state index < -0.39 is 23.4 Å².